The van der Waals surface area contributed by atoms with Crippen LogP contribution in [0.1, 0.15) is 37.6 Å². The molecule has 13 nitrogen and oxygen atoms in total. The maximum Gasteiger partial charge on any atom is 0.326 e. The number of urea groups is 1. The first-order valence-electron chi connectivity index (χ1n) is 13.1. The molecular weight excluding hydrogens is 566 g/mol. The molecule has 2 heterocycles. The average molecular weight is 602 g/mol. The molecule has 2 aromatic heterocycles. The molecule has 14 heteroatoms. The summed E-state index contributed by atoms with van der Waals surface area (Å²) in [6.07, 6.45) is 2.04. The van der Waals surface area contributed by atoms with Gasteiger partial charge < -0.3 is 25.4 Å². The lowest BCUT2D eigenvalue weighted by Gasteiger charge is -2.24. The highest BCUT2D eigenvalue weighted by Gasteiger charge is 2.30. The van der Waals surface area contributed by atoms with Crippen LogP contribution in [0.15, 0.2) is 70.5 Å². The number of nitrogens with zero attached hydrogens (tertiary/aromatic N) is 1. The molecule has 3 aromatic rings. The van der Waals surface area contributed by atoms with Gasteiger partial charge in [0, 0.05) is 37.3 Å². The van der Waals surface area contributed by atoms with E-state index in [1.807, 2.05) is 0 Å². The normalized spacial score (nSPS) is 12.3. The fourth-order valence-electron chi connectivity index (χ4n) is 3.67. The van der Waals surface area contributed by atoms with Crippen LogP contribution in [0.3, 0.4) is 0 Å². The van der Waals surface area contributed by atoms with E-state index in [4.69, 9.17) is 9.47 Å². The van der Waals surface area contributed by atoms with Crippen LogP contribution < -0.4 is 31.0 Å². The van der Waals surface area contributed by atoms with E-state index in [-0.39, 0.29) is 16.5 Å². The molecule has 226 valence electrons. The van der Waals surface area contributed by atoms with Crippen LogP contribution in [0.5, 0.6) is 5.75 Å². The minimum Gasteiger partial charge on any atom is -0.492 e. The van der Waals surface area contributed by atoms with Crippen molar-refractivity contribution >= 4 is 33.4 Å². The maximum atomic E-state index is 13.0. The Bertz CT molecular complexity index is 1580. The first-order valence-corrected chi connectivity index (χ1v) is 14.6. The van der Waals surface area contributed by atoms with Crippen LogP contribution in [-0.2, 0) is 19.6 Å². The van der Waals surface area contributed by atoms with Gasteiger partial charge in [-0.25, -0.2) is 13.2 Å². The molecule has 42 heavy (non-hydrogen) atoms. The number of ether oxygens (including phenoxy) is 2. The third kappa shape index (κ3) is 9.31. The molecule has 1 aromatic carbocycles. The van der Waals surface area contributed by atoms with Crippen LogP contribution in [-0.4, -0.2) is 69.1 Å². The van der Waals surface area contributed by atoms with E-state index in [1.165, 1.54) is 35.8 Å². The van der Waals surface area contributed by atoms with E-state index >= 15 is 0 Å². The lowest BCUT2D eigenvalue weighted by molar-refractivity contribution is -0.156. The molecule has 0 unspecified atom stereocenters. The fourth-order valence-corrected chi connectivity index (χ4v) is 4.88. The van der Waals surface area contributed by atoms with Gasteiger partial charge in [-0.2, -0.15) is 4.72 Å². The smallest absolute Gasteiger partial charge is 0.326 e. The Hall–Kier alpha value is -4.43. The number of carbonyl (C=O) groups excluding carboxylic acids is 3. The van der Waals surface area contributed by atoms with E-state index in [0.717, 1.165) is 6.07 Å². The van der Waals surface area contributed by atoms with E-state index in [9.17, 15) is 27.6 Å². The summed E-state index contributed by atoms with van der Waals surface area (Å²) in [6.45, 7) is 5.19. The standard InChI is InChI=1S/C28H35N5O8S/c1-28(2,3)41-26(36)23(32-42(38,39)22-9-6-5-7-10-22)17-31-25(35)19-15-20-11-12-21(18-33(20)24(34)16-19)40-14-8-13-30-27(37)29-4/h5-7,9-12,15-16,18,23,32H,8,13-14,17H2,1-4H3,(H,31,35)(H2,29,30,37)/t23-/m0/s1. The van der Waals surface area contributed by atoms with Gasteiger partial charge in [-0.05, 0) is 57.5 Å². The Kier molecular flexibility index (Phi) is 10.7. The molecule has 4 N–H and O–H groups in total. The van der Waals surface area contributed by atoms with Gasteiger partial charge in [-0.3, -0.25) is 18.8 Å². The van der Waals surface area contributed by atoms with Crippen LogP contribution in [0.4, 0.5) is 4.79 Å². The van der Waals surface area contributed by atoms with Gasteiger partial charge in [0.15, 0.2) is 0 Å². The topological polar surface area (TPSA) is 173 Å². The number of sulfonamides is 1. The van der Waals surface area contributed by atoms with Crippen molar-refractivity contribution in [3.63, 3.8) is 0 Å². The Labute approximate surface area is 243 Å². The number of hydrogen-bond donors (Lipinski definition) is 4. The zero-order valence-electron chi connectivity index (χ0n) is 23.8. The number of amides is 3. The van der Waals surface area contributed by atoms with E-state index in [0.29, 0.717) is 30.8 Å². The van der Waals surface area contributed by atoms with Crippen LogP contribution in [0.2, 0.25) is 0 Å². The SMILES string of the molecule is CNC(=O)NCCCOc1ccc2cc(C(=O)NC[C@H](NS(=O)(=O)c3ccccc3)C(=O)OC(C)(C)C)cc(=O)n2c1. The van der Waals surface area contributed by atoms with Gasteiger partial charge in [0.25, 0.3) is 11.5 Å². The van der Waals surface area contributed by atoms with Crippen LogP contribution in [0, 0.1) is 0 Å². The number of nitrogens with one attached hydrogen (secondary N) is 4. The largest absolute Gasteiger partial charge is 0.492 e. The quantitative estimate of drug-likeness (QED) is 0.178. The maximum absolute atomic E-state index is 13.0. The lowest BCUT2D eigenvalue weighted by Crippen LogP contribution is -2.50. The first kappa shape index (κ1) is 32.1. The average Bonchev–Trinajstić information content (AvgIpc) is 2.94. The van der Waals surface area contributed by atoms with Crippen LogP contribution in [0.25, 0.3) is 5.52 Å². The number of carbonyl (C=O) groups is 3. The van der Waals surface area contributed by atoms with E-state index in [1.54, 1.807) is 51.1 Å². The second-order valence-corrected chi connectivity index (χ2v) is 11.9. The number of hydrogen-bond acceptors (Lipinski definition) is 8. The highest BCUT2D eigenvalue weighted by atomic mass is 32.2. The Morgan fingerprint density at radius 3 is 2.38 bits per heavy atom. The molecule has 0 bridgehead atoms. The highest BCUT2D eigenvalue weighted by Crippen LogP contribution is 2.15. The van der Waals surface area contributed by atoms with Gasteiger partial charge in [0.05, 0.1) is 17.7 Å². The molecule has 0 fully saturated rings. The molecule has 3 amide bonds. The minimum absolute atomic E-state index is 0.0165. The fraction of sp³-hybridized carbons (Fsp3) is 0.357. The van der Waals surface area contributed by atoms with Crippen molar-refractivity contribution in [2.45, 2.75) is 43.7 Å². The first-order chi connectivity index (χ1) is 19.8. The van der Waals surface area contributed by atoms with Crippen molar-refractivity contribution in [3.05, 3.63) is 76.7 Å². The Morgan fingerprint density at radius 2 is 1.71 bits per heavy atom. The Balaban J connectivity index is 1.71. The molecule has 0 spiro atoms. The van der Waals surface area contributed by atoms with Crippen molar-refractivity contribution < 1.29 is 32.3 Å². The molecule has 0 radical (unpaired) electrons. The van der Waals surface area contributed by atoms with Gasteiger partial charge in [0.2, 0.25) is 10.0 Å². The number of rotatable bonds is 12. The van der Waals surface area contributed by atoms with Crippen molar-refractivity contribution in [1.82, 2.24) is 25.1 Å². The van der Waals surface area contributed by atoms with Gasteiger partial charge in [-0.15, -0.1) is 0 Å². The summed E-state index contributed by atoms with van der Waals surface area (Å²) in [4.78, 5) is 49.8. The Morgan fingerprint density at radius 1 is 1.00 bits per heavy atom. The van der Waals surface area contributed by atoms with E-state index in [2.05, 4.69) is 20.7 Å². The summed E-state index contributed by atoms with van der Waals surface area (Å²) in [5.41, 5.74) is -0.981. The van der Waals surface area contributed by atoms with Crippen molar-refractivity contribution in [2.24, 2.45) is 0 Å². The number of fused-ring (bicyclic) bond motifs is 1. The third-order valence-electron chi connectivity index (χ3n) is 5.65. The number of benzene rings is 1. The second kappa shape index (κ2) is 14.0. The molecule has 0 saturated carbocycles. The molecule has 1 atom stereocenters. The lowest BCUT2D eigenvalue weighted by atomic mass is 10.2. The van der Waals surface area contributed by atoms with E-state index < -0.39 is 45.6 Å². The number of esters is 1. The second-order valence-electron chi connectivity index (χ2n) is 10.2. The summed E-state index contributed by atoms with van der Waals surface area (Å²) < 4.78 is 40.4. The number of pyridine rings is 2. The number of aromatic nitrogens is 1. The van der Waals surface area contributed by atoms with Crippen LogP contribution >= 0.6 is 0 Å². The molecule has 0 aliphatic heterocycles. The van der Waals surface area contributed by atoms with Crippen molar-refractivity contribution in [1.29, 1.82) is 0 Å². The highest BCUT2D eigenvalue weighted by molar-refractivity contribution is 7.89. The van der Waals surface area contributed by atoms with Crippen molar-refractivity contribution in [3.8, 4) is 5.75 Å². The van der Waals surface area contributed by atoms with Crippen molar-refractivity contribution in [2.75, 3.05) is 26.7 Å². The van der Waals surface area contributed by atoms with Gasteiger partial charge in [-0.1, -0.05) is 18.2 Å². The summed E-state index contributed by atoms with van der Waals surface area (Å²) in [7, 11) is -2.60. The zero-order valence-corrected chi connectivity index (χ0v) is 24.6. The summed E-state index contributed by atoms with van der Waals surface area (Å²) >= 11 is 0. The summed E-state index contributed by atoms with van der Waals surface area (Å²) in [6, 6.07) is 11.6. The van der Waals surface area contributed by atoms with Gasteiger partial charge >= 0.3 is 12.0 Å². The molecular formula is C28H35N5O8S. The monoisotopic (exact) mass is 601 g/mol. The molecule has 0 aliphatic carbocycles. The molecule has 0 saturated heterocycles. The van der Waals surface area contributed by atoms with Gasteiger partial charge in [0.1, 0.15) is 17.4 Å². The molecule has 0 aliphatic rings. The zero-order chi connectivity index (χ0) is 30.9. The predicted molar refractivity (Wildman–Crippen MR) is 155 cm³/mol. The summed E-state index contributed by atoms with van der Waals surface area (Å²) in [5.74, 6) is -1.14. The predicted octanol–water partition coefficient (Wildman–Crippen LogP) is 1.42. The third-order valence-corrected chi connectivity index (χ3v) is 7.13. The minimum atomic E-state index is -4.12. The summed E-state index contributed by atoms with van der Waals surface area (Å²) in [5, 5.41) is 7.61. The molecule has 3 rings (SSSR count).